The second-order valence-corrected chi connectivity index (χ2v) is 7.32. The van der Waals surface area contributed by atoms with Gasteiger partial charge in [0.2, 0.25) is 5.43 Å². The van der Waals surface area contributed by atoms with Gasteiger partial charge in [0.1, 0.15) is 11.4 Å². The molecule has 0 aliphatic carbocycles. The maximum absolute atomic E-state index is 12.3. The number of nitrogens with two attached hydrogens (primary N) is 1. The third-order valence-electron chi connectivity index (χ3n) is 4.22. The molecule has 0 bridgehead atoms. The molecule has 1 amide bonds. The van der Waals surface area contributed by atoms with Crippen LogP contribution < -0.4 is 16.5 Å². The molecule has 3 N–H and O–H groups in total. The molecule has 158 valence electrons. The van der Waals surface area contributed by atoms with Crippen LogP contribution in [0.2, 0.25) is 0 Å². The number of anilines is 1. The van der Waals surface area contributed by atoms with Crippen LogP contribution in [0.1, 0.15) is 25.1 Å². The molecule has 30 heavy (non-hydrogen) atoms. The van der Waals surface area contributed by atoms with Crippen LogP contribution in [0.4, 0.5) is 10.5 Å². The van der Waals surface area contributed by atoms with Gasteiger partial charge >= 0.3 is 6.09 Å². The molecule has 0 fully saturated rings. The van der Waals surface area contributed by atoms with Crippen molar-refractivity contribution in [1.29, 1.82) is 0 Å². The van der Waals surface area contributed by atoms with Crippen LogP contribution in [0.25, 0.3) is 5.69 Å². The zero-order chi connectivity index (χ0) is 21.5. The predicted octanol–water partition coefficient (Wildman–Crippen LogP) is 2.18. The first-order valence-electron chi connectivity index (χ1n) is 9.79. The first kappa shape index (κ1) is 21.3. The van der Waals surface area contributed by atoms with E-state index in [2.05, 4.69) is 15.5 Å². The number of ether oxygens (including phenoxy) is 1. The van der Waals surface area contributed by atoms with Crippen molar-refractivity contribution in [3.63, 3.8) is 0 Å². The predicted molar refractivity (Wildman–Crippen MR) is 114 cm³/mol. The van der Waals surface area contributed by atoms with Gasteiger partial charge in [-0.15, -0.1) is 0 Å². The molecule has 9 nitrogen and oxygen atoms in total. The van der Waals surface area contributed by atoms with Crippen molar-refractivity contribution in [2.45, 2.75) is 26.8 Å². The number of hydrogen-bond donors (Lipinski definition) is 2. The maximum atomic E-state index is 12.3. The zero-order valence-corrected chi connectivity index (χ0v) is 17.1. The van der Waals surface area contributed by atoms with Crippen LogP contribution in [-0.4, -0.2) is 38.8 Å². The molecular weight excluding hydrogens is 384 g/mol. The normalized spacial score (nSPS) is 10.9. The van der Waals surface area contributed by atoms with Gasteiger partial charge in [-0.2, -0.15) is 10.2 Å². The maximum Gasteiger partial charge on any atom is 0.411 e. The molecule has 2 heterocycles. The molecule has 0 aliphatic heterocycles. The fourth-order valence-corrected chi connectivity index (χ4v) is 2.79. The molecular formula is C21H26N6O3. The van der Waals surface area contributed by atoms with Crippen molar-refractivity contribution in [3.8, 4) is 5.69 Å². The van der Waals surface area contributed by atoms with Gasteiger partial charge in [-0.1, -0.05) is 26.0 Å². The van der Waals surface area contributed by atoms with Crippen LogP contribution >= 0.6 is 0 Å². The molecule has 9 heteroatoms. The summed E-state index contributed by atoms with van der Waals surface area (Å²) in [6.07, 6.45) is 4.92. The number of benzene rings is 1. The van der Waals surface area contributed by atoms with Crippen molar-refractivity contribution < 1.29 is 9.53 Å². The van der Waals surface area contributed by atoms with Gasteiger partial charge in [-0.25, -0.2) is 9.48 Å². The highest BCUT2D eigenvalue weighted by molar-refractivity contribution is 5.84. The first-order chi connectivity index (χ1) is 14.4. The minimum absolute atomic E-state index is 0.157. The van der Waals surface area contributed by atoms with E-state index in [4.69, 9.17) is 10.5 Å². The minimum atomic E-state index is -0.504. The Kier molecular flexibility index (Phi) is 6.97. The molecule has 0 atom stereocenters. The third-order valence-corrected chi connectivity index (χ3v) is 4.22. The van der Waals surface area contributed by atoms with Gasteiger partial charge < -0.3 is 10.5 Å². The molecule has 0 unspecified atom stereocenters. The van der Waals surface area contributed by atoms with E-state index in [-0.39, 0.29) is 11.3 Å². The van der Waals surface area contributed by atoms with E-state index in [1.165, 1.54) is 6.07 Å². The van der Waals surface area contributed by atoms with Gasteiger partial charge in [0.25, 0.3) is 0 Å². The molecule has 2 aromatic heterocycles. The quantitative estimate of drug-likeness (QED) is 0.588. The monoisotopic (exact) mass is 410 g/mol. The van der Waals surface area contributed by atoms with Gasteiger partial charge in [0, 0.05) is 30.9 Å². The van der Waals surface area contributed by atoms with Crippen LogP contribution in [0.5, 0.6) is 0 Å². The highest BCUT2D eigenvalue weighted by atomic mass is 16.5. The lowest BCUT2D eigenvalue weighted by Gasteiger charge is -2.10. The highest BCUT2D eigenvalue weighted by Gasteiger charge is 2.09. The van der Waals surface area contributed by atoms with Gasteiger partial charge in [-0.05, 0) is 23.6 Å². The number of carbonyl (C=O) groups is 1. The first-order valence-corrected chi connectivity index (χ1v) is 9.79. The summed E-state index contributed by atoms with van der Waals surface area (Å²) >= 11 is 0. The summed E-state index contributed by atoms with van der Waals surface area (Å²) in [4.78, 5) is 24.2. The van der Waals surface area contributed by atoms with Gasteiger partial charge in [0.15, 0.2) is 0 Å². The largest absolute Gasteiger partial charge is 0.449 e. The van der Waals surface area contributed by atoms with Gasteiger partial charge in [-0.3, -0.25) is 14.8 Å². The number of aromatic nitrogens is 4. The summed E-state index contributed by atoms with van der Waals surface area (Å²) in [5.41, 5.74) is 7.97. The number of carbonyl (C=O) groups excluding carboxylic acids is 1. The Balaban J connectivity index is 1.74. The molecule has 3 aromatic rings. The zero-order valence-electron chi connectivity index (χ0n) is 17.1. The second kappa shape index (κ2) is 9.84. The van der Waals surface area contributed by atoms with Crippen LogP contribution in [-0.2, 0) is 17.7 Å². The molecule has 3 rings (SSSR count). The second-order valence-electron chi connectivity index (χ2n) is 7.32. The van der Waals surface area contributed by atoms with Crippen molar-refractivity contribution in [2.75, 3.05) is 18.5 Å². The molecule has 0 spiro atoms. The average Bonchev–Trinajstić information content (AvgIpc) is 3.17. The third kappa shape index (κ3) is 5.77. The smallest absolute Gasteiger partial charge is 0.411 e. The Morgan fingerprint density at radius 3 is 2.90 bits per heavy atom. The average molecular weight is 410 g/mol. The summed E-state index contributed by atoms with van der Waals surface area (Å²) in [7, 11) is 0. The highest BCUT2D eigenvalue weighted by Crippen LogP contribution is 2.14. The lowest BCUT2D eigenvalue weighted by atomic mass is 10.1. The van der Waals surface area contributed by atoms with Crippen molar-refractivity contribution in [3.05, 3.63) is 70.4 Å². The summed E-state index contributed by atoms with van der Waals surface area (Å²) in [5.74, 6) is 0.260. The number of hydrogen-bond acceptors (Lipinski definition) is 6. The van der Waals surface area contributed by atoms with E-state index in [0.717, 1.165) is 11.3 Å². The number of rotatable bonds is 8. The summed E-state index contributed by atoms with van der Waals surface area (Å²) in [6, 6.07) is 8.74. The lowest BCUT2D eigenvalue weighted by Crippen LogP contribution is -2.17. The summed E-state index contributed by atoms with van der Waals surface area (Å²) in [5, 5.41) is 11.4. The molecule has 0 aliphatic rings. The van der Waals surface area contributed by atoms with Crippen LogP contribution in [0, 0.1) is 5.92 Å². The van der Waals surface area contributed by atoms with Crippen LogP contribution in [0.3, 0.4) is 0 Å². The Bertz CT molecular complexity index is 1060. The van der Waals surface area contributed by atoms with E-state index >= 15 is 0 Å². The standard InChI is InChI=1S/C21H26N6O3/c1-15(2)14-30-21(29)24-17-5-3-4-16(10-17)11-19-20(28)6-8-27(25-19)18-12-23-26(13-18)9-7-22/h3-6,8,10,12-13,15H,7,9,11,14,22H2,1-2H3,(H,24,29). The Labute approximate surface area is 174 Å². The van der Waals surface area contributed by atoms with Crippen LogP contribution in [0.15, 0.2) is 53.7 Å². The lowest BCUT2D eigenvalue weighted by molar-refractivity contribution is 0.147. The van der Waals surface area contributed by atoms with E-state index in [1.807, 2.05) is 32.2 Å². The molecule has 0 radical (unpaired) electrons. The van der Waals surface area contributed by atoms with E-state index in [1.54, 1.807) is 33.9 Å². The van der Waals surface area contributed by atoms with Gasteiger partial charge in [0.05, 0.1) is 25.5 Å². The molecule has 0 saturated carbocycles. The fraction of sp³-hybridized carbons (Fsp3) is 0.333. The molecule has 0 saturated heterocycles. The number of nitrogens with zero attached hydrogens (tertiary/aromatic N) is 4. The number of nitrogens with one attached hydrogen (secondary N) is 1. The van der Waals surface area contributed by atoms with E-state index < -0.39 is 6.09 Å². The minimum Gasteiger partial charge on any atom is -0.449 e. The van der Waals surface area contributed by atoms with Crippen molar-refractivity contribution >= 4 is 11.8 Å². The van der Waals surface area contributed by atoms with Crippen molar-refractivity contribution in [2.24, 2.45) is 11.7 Å². The Morgan fingerprint density at radius 2 is 2.13 bits per heavy atom. The van der Waals surface area contributed by atoms with E-state index in [9.17, 15) is 9.59 Å². The summed E-state index contributed by atoms with van der Waals surface area (Å²) in [6.45, 7) is 5.38. The molecule has 1 aromatic carbocycles. The fourth-order valence-electron chi connectivity index (χ4n) is 2.79. The SMILES string of the molecule is CC(C)COC(=O)Nc1cccc(Cc2nn(-c3cnn(CCN)c3)ccc2=O)c1. The van der Waals surface area contributed by atoms with E-state index in [0.29, 0.717) is 37.5 Å². The topological polar surface area (TPSA) is 117 Å². The van der Waals surface area contributed by atoms with Crippen molar-refractivity contribution in [1.82, 2.24) is 19.6 Å². The number of amides is 1. The Hall–Kier alpha value is -3.46. The Morgan fingerprint density at radius 1 is 1.30 bits per heavy atom. The summed E-state index contributed by atoms with van der Waals surface area (Å²) < 4.78 is 8.47.